The molecule has 0 saturated carbocycles. The summed E-state index contributed by atoms with van der Waals surface area (Å²) in [5, 5.41) is 15.0. The Balaban J connectivity index is 1.32. The molecule has 0 aliphatic rings. The molecule has 8 nitrogen and oxygen atoms in total. The predicted octanol–water partition coefficient (Wildman–Crippen LogP) is 4.88. The molecule has 3 N–H and O–H groups in total. The number of hydrogen-bond acceptors (Lipinski definition) is 6. The lowest BCUT2D eigenvalue weighted by Gasteiger charge is -2.13. The Morgan fingerprint density at radius 2 is 1.85 bits per heavy atom. The van der Waals surface area contributed by atoms with Gasteiger partial charge in [0.15, 0.2) is 5.58 Å². The van der Waals surface area contributed by atoms with Crippen LogP contribution < -0.4 is 15.4 Å². The van der Waals surface area contributed by atoms with E-state index in [1.165, 1.54) is 12.1 Å². The van der Waals surface area contributed by atoms with Gasteiger partial charge in [-0.15, -0.1) is 0 Å². The molecule has 3 aromatic carbocycles. The highest BCUT2D eigenvalue weighted by Crippen LogP contribution is 2.27. The maximum absolute atomic E-state index is 12.6. The molecule has 8 heteroatoms. The number of fused-ring (bicyclic) bond motifs is 1. The maximum Gasteiger partial charge on any atom is 0.335 e. The average Bonchev–Trinajstić information content (AvgIpc) is 3.24. The molecule has 1 unspecified atom stereocenters. The number of carbonyl (C=O) groups is 2. The zero-order valence-electron chi connectivity index (χ0n) is 18.9. The molecule has 1 aromatic heterocycles. The second-order valence-corrected chi connectivity index (χ2v) is 7.88. The Bertz CT molecular complexity index is 1310. The molecule has 0 radical (unpaired) electrons. The van der Waals surface area contributed by atoms with Crippen LogP contribution in [0.2, 0.25) is 0 Å². The van der Waals surface area contributed by atoms with E-state index >= 15 is 0 Å². The standard InChI is InChI=1S/C26H25N3O5/c1-16-5-3-4-6-21(16)28-26-29-22-12-9-19(15-23(22)34-26)17(2)24(30)27-13-14-33-20-10-7-18(8-11-20)25(31)32/h3-12,15,17H,13-14H2,1-2H3,(H,27,30)(H,28,29)(H,31,32). The van der Waals surface area contributed by atoms with E-state index in [2.05, 4.69) is 15.6 Å². The number of amides is 1. The molecule has 0 aliphatic carbocycles. The van der Waals surface area contributed by atoms with Crippen molar-refractivity contribution in [2.24, 2.45) is 0 Å². The number of oxazole rings is 1. The van der Waals surface area contributed by atoms with Gasteiger partial charge in [0.25, 0.3) is 6.01 Å². The van der Waals surface area contributed by atoms with Gasteiger partial charge in [-0.3, -0.25) is 4.79 Å². The minimum Gasteiger partial charge on any atom is -0.492 e. The number of carbonyl (C=O) groups excluding carboxylic acids is 1. The summed E-state index contributed by atoms with van der Waals surface area (Å²) in [4.78, 5) is 28.0. The maximum atomic E-state index is 12.6. The van der Waals surface area contributed by atoms with E-state index in [0.717, 1.165) is 16.8 Å². The van der Waals surface area contributed by atoms with Crippen LogP contribution in [-0.2, 0) is 4.79 Å². The van der Waals surface area contributed by atoms with Gasteiger partial charge in [0, 0.05) is 5.69 Å². The molecule has 1 amide bonds. The normalized spacial score (nSPS) is 11.7. The largest absolute Gasteiger partial charge is 0.492 e. The van der Waals surface area contributed by atoms with Crippen molar-refractivity contribution in [1.82, 2.24) is 10.3 Å². The lowest BCUT2D eigenvalue weighted by molar-refractivity contribution is -0.122. The molecule has 0 fully saturated rings. The van der Waals surface area contributed by atoms with Gasteiger partial charge in [0.2, 0.25) is 5.91 Å². The number of hydrogen-bond donors (Lipinski definition) is 3. The third-order valence-electron chi connectivity index (χ3n) is 5.46. The van der Waals surface area contributed by atoms with Crippen molar-refractivity contribution in [2.75, 3.05) is 18.5 Å². The predicted molar refractivity (Wildman–Crippen MR) is 129 cm³/mol. The van der Waals surface area contributed by atoms with Crippen molar-refractivity contribution in [3.05, 3.63) is 83.4 Å². The lowest BCUT2D eigenvalue weighted by atomic mass is 10.00. The van der Waals surface area contributed by atoms with Crippen molar-refractivity contribution >= 4 is 34.7 Å². The first-order valence-electron chi connectivity index (χ1n) is 10.9. The molecule has 1 heterocycles. The highest BCUT2D eigenvalue weighted by atomic mass is 16.5. The first-order valence-corrected chi connectivity index (χ1v) is 10.9. The Hall–Kier alpha value is -4.33. The number of aromatic carboxylic acids is 1. The molecule has 4 aromatic rings. The summed E-state index contributed by atoms with van der Waals surface area (Å²) in [6.07, 6.45) is 0. The van der Waals surface area contributed by atoms with Crippen molar-refractivity contribution in [2.45, 2.75) is 19.8 Å². The van der Waals surface area contributed by atoms with Gasteiger partial charge in [0.05, 0.1) is 18.0 Å². The fourth-order valence-electron chi connectivity index (χ4n) is 3.43. The number of aromatic nitrogens is 1. The van der Waals surface area contributed by atoms with Crippen LogP contribution in [0.1, 0.15) is 34.3 Å². The number of nitrogens with zero attached hydrogens (tertiary/aromatic N) is 1. The summed E-state index contributed by atoms with van der Waals surface area (Å²) < 4.78 is 11.4. The summed E-state index contributed by atoms with van der Waals surface area (Å²) >= 11 is 0. The lowest BCUT2D eigenvalue weighted by Crippen LogP contribution is -2.31. The Kier molecular flexibility index (Phi) is 6.77. The number of rotatable bonds is 9. The van der Waals surface area contributed by atoms with Gasteiger partial charge >= 0.3 is 5.97 Å². The van der Waals surface area contributed by atoms with Crippen LogP contribution in [0.25, 0.3) is 11.1 Å². The first kappa shape index (κ1) is 22.8. The zero-order chi connectivity index (χ0) is 24.1. The Morgan fingerprint density at radius 3 is 2.59 bits per heavy atom. The molecule has 0 aliphatic heterocycles. The molecular weight excluding hydrogens is 434 g/mol. The van der Waals surface area contributed by atoms with Crippen LogP contribution >= 0.6 is 0 Å². The molecular formula is C26H25N3O5. The van der Waals surface area contributed by atoms with Crippen LogP contribution in [0.3, 0.4) is 0 Å². The van der Waals surface area contributed by atoms with E-state index in [-0.39, 0.29) is 18.1 Å². The van der Waals surface area contributed by atoms with Crippen LogP contribution in [0.15, 0.2) is 71.1 Å². The smallest absolute Gasteiger partial charge is 0.335 e. The summed E-state index contributed by atoms with van der Waals surface area (Å²) in [5.74, 6) is -0.979. The first-order chi connectivity index (χ1) is 16.4. The number of anilines is 2. The van der Waals surface area contributed by atoms with Crippen LogP contribution in [-0.4, -0.2) is 35.1 Å². The number of carboxylic acids is 1. The quantitative estimate of drug-likeness (QED) is 0.306. The highest BCUT2D eigenvalue weighted by molar-refractivity contribution is 5.87. The zero-order valence-corrected chi connectivity index (χ0v) is 18.9. The molecule has 0 bridgehead atoms. The van der Waals surface area contributed by atoms with Crippen LogP contribution in [0, 0.1) is 6.92 Å². The number of nitrogens with one attached hydrogen (secondary N) is 2. The fourth-order valence-corrected chi connectivity index (χ4v) is 3.43. The molecule has 0 saturated heterocycles. The monoisotopic (exact) mass is 459 g/mol. The van der Waals surface area contributed by atoms with Gasteiger partial charge in [-0.1, -0.05) is 24.3 Å². The fraction of sp³-hybridized carbons (Fsp3) is 0.192. The van der Waals surface area contributed by atoms with E-state index in [1.807, 2.05) is 56.3 Å². The van der Waals surface area contributed by atoms with E-state index < -0.39 is 11.9 Å². The number of para-hydroxylation sites is 1. The second-order valence-electron chi connectivity index (χ2n) is 7.88. The summed E-state index contributed by atoms with van der Waals surface area (Å²) in [6, 6.07) is 19.9. The Labute approximate surface area is 196 Å². The van der Waals surface area contributed by atoms with Gasteiger partial charge in [-0.2, -0.15) is 4.98 Å². The van der Waals surface area contributed by atoms with Crippen molar-refractivity contribution in [1.29, 1.82) is 0 Å². The number of aryl methyl sites for hydroxylation is 1. The van der Waals surface area contributed by atoms with E-state index in [0.29, 0.717) is 29.4 Å². The minimum absolute atomic E-state index is 0.137. The van der Waals surface area contributed by atoms with E-state index in [9.17, 15) is 9.59 Å². The molecule has 0 spiro atoms. The highest BCUT2D eigenvalue weighted by Gasteiger charge is 2.17. The van der Waals surface area contributed by atoms with Gasteiger partial charge in [0.1, 0.15) is 17.9 Å². The van der Waals surface area contributed by atoms with Crippen LogP contribution in [0.5, 0.6) is 5.75 Å². The van der Waals surface area contributed by atoms with E-state index in [4.69, 9.17) is 14.3 Å². The number of ether oxygens (including phenoxy) is 1. The van der Waals surface area contributed by atoms with E-state index in [1.54, 1.807) is 12.1 Å². The van der Waals surface area contributed by atoms with Crippen molar-refractivity contribution < 1.29 is 23.8 Å². The third-order valence-corrected chi connectivity index (χ3v) is 5.46. The minimum atomic E-state index is -0.991. The topological polar surface area (TPSA) is 114 Å². The summed E-state index contributed by atoms with van der Waals surface area (Å²) in [6.45, 7) is 4.41. The molecule has 34 heavy (non-hydrogen) atoms. The molecule has 1 atom stereocenters. The third kappa shape index (κ3) is 5.35. The van der Waals surface area contributed by atoms with Crippen LogP contribution in [0.4, 0.5) is 11.7 Å². The number of carboxylic acid groups (broad SMARTS) is 1. The van der Waals surface area contributed by atoms with Gasteiger partial charge in [-0.05, 0) is 67.4 Å². The number of benzene rings is 3. The van der Waals surface area contributed by atoms with Gasteiger partial charge < -0.3 is 24.9 Å². The van der Waals surface area contributed by atoms with Crippen molar-refractivity contribution in [3.63, 3.8) is 0 Å². The second kappa shape index (κ2) is 10.1. The van der Waals surface area contributed by atoms with Crippen molar-refractivity contribution in [3.8, 4) is 5.75 Å². The average molecular weight is 460 g/mol. The summed E-state index contributed by atoms with van der Waals surface area (Å²) in [5.41, 5.74) is 4.31. The molecule has 174 valence electrons. The summed E-state index contributed by atoms with van der Waals surface area (Å²) in [7, 11) is 0. The SMILES string of the molecule is Cc1ccccc1Nc1nc2ccc(C(C)C(=O)NCCOc3ccc(C(=O)O)cc3)cc2o1. The Morgan fingerprint density at radius 1 is 1.09 bits per heavy atom. The molecule has 4 rings (SSSR count). The van der Waals surface area contributed by atoms with Gasteiger partial charge in [-0.25, -0.2) is 4.79 Å².